The van der Waals surface area contributed by atoms with Gasteiger partial charge in [0, 0.05) is 23.1 Å². The van der Waals surface area contributed by atoms with Crippen molar-refractivity contribution in [2.45, 2.75) is 12.6 Å². The molecule has 0 bridgehead atoms. The predicted molar refractivity (Wildman–Crippen MR) is 102 cm³/mol. The minimum atomic E-state index is -4.38. The summed E-state index contributed by atoms with van der Waals surface area (Å²) < 4.78 is 43.2. The summed E-state index contributed by atoms with van der Waals surface area (Å²) in [5, 5.41) is 7.02. The van der Waals surface area contributed by atoms with Gasteiger partial charge in [0.05, 0.1) is 10.3 Å². The van der Waals surface area contributed by atoms with Gasteiger partial charge in [-0.15, -0.1) is 16.4 Å². The Labute approximate surface area is 165 Å². The zero-order chi connectivity index (χ0) is 19.7. The lowest BCUT2D eigenvalue weighted by Crippen LogP contribution is -2.11. The van der Waals surface area contributed by atoms with Gasteiger partial charge >= 0.3 is 6.18 Å². The fourth-order valence-electron chi connectivity index (χ4n) is 2.60. The first kappa shape index (κ1) is 18.5. The van der Waals surface area contributed by atoms with Gasteiger partial charge < -0.3 is 0 Å². The number of benzene rings is 2. The molecule has 1 amide bonds. The lowest BCUT2D eigenvalue weighted by molar-refractivity contribution is -0.137. The fraction of sp³-hybridized carbons (Fsp3) is 0.111. The Morgan fingerprint density at radius 2 is 2.00 bits per heavy atom. The third-order valence-electron chi connectivity index (χ3n) is 3.92. The number of nitrogens with zero attached hydrogens (tertiary/aromatic N) is 3. The topological polar surface area (TPSA) is 67.8 Å². The molecule has 10 heteroatoms. The van der Waals surface area contributed by atoms with Crippen LogP contribution < -0.4 is 5.32 Å². The third-order valence-corrected chi connectivity index (χ3v) is 5.53. The van der Waals surface area contributed by atoms with Crippen LogP contribution in [0.15, 0.2) is 48.7 Å². The molecule has 0 aliphatic rings. The van der Waals surface area contributed by atoms with E-state index in [0.717, 1.165) is 21.7 Å². The molecule has 0 unspecified atom stereocenters. The van der Waals surface area contributed by atoms with Crippen molar-refractivity contribution in [3.05, 3.63) is 70.2 Å². The van der Waals surface area contributed by atoms with E-state index in [1.807, 2.05) is 0 Å². The maximum atomic E-state index is 12.8. The van der Waals surface area contributed by atoms with Crippen molar-refractivity contribution in [1.82, 2.24) is 14.6 Å². The van der Waals surface area contributed by atoms with Crippen molar-refractivity contribution in [3.63, 3.8) is 0 Å². The van der Waals surface area contributed by atoms with E-state index >= 15 is 0 Å². The first-order valence-electron chi connectivity index (χ1n) is 8.03. The summed E-state index contributed by atoms with van der Waals surface area (Å²) in [5.41, 5.74) is 0.907. The monoisotopic (exact) mass is 420 g/mol. The standard InChI is InChI=1S/C18H11F3N4OS2/c19-18(20,21)12-3-1-2-10(6-12)7-13-9-22-17(27-13)23-16(26)11-4-5-15-14(8-11)24-25-28-15/h1-6,8-9H,7H2,(H,22,23,26). The fourth-order valence-corrected chi connectivity index (χ4v) is 3.98. The van der Waals surface area contributed by atoms with Gasteiger partial charge in [0.15, 0.2) is 5.13 Å². The average molecular weight is 420 g/mol. The van der Waals surface area contributed by atoms with Crippen LogP contribution in [0, 0.1) is 0 Å². The molecule has 28 heavy (non-hydrogen) atoms. The Morgan fingerprint density at radius 1 is 1.14 bits per heavy atom. The van der Waals surface area contributed by atoms with E-state index in [0.29, 0.717) is 28.2 Å². The van der Waals surface area contributed by atoms with Crippen LogP contribution in [0.25, 0.3) is 10.2 Å². The number of carbonyl (C=O) groups is 1. The molecule has 0 atom stereocenters. The molecule has 1 N–H and O–H groups in total. The Morgan fingerprint density at radius 3 is 2.82 bits per heavy atom. The molecule has 0 radical (unpaired) electrons. The Bertz CT molecular complexity index is 1150. The van der Waals surface area contributed by atoms with Gasteiger partial charge in [-0.25, -0.2) is 4.98 Å². The number of amides is 1. The van der Waals surface area contributed by atoms with Gasteiger partial charge in [-0.2, -0.15) is 13.2 Å². The molecular formula is C18H11F3N4OS2. The van der Waals surface area contributed by atoms with Crippen LogP contribution in [0.1, 0.15) is 26.4 Å². The first-order chi connectivity index (χ1) is 13.4. The van der Waals surface area contributed by atoms with Gasteiger partial charge in [-0.05, 0) is 41.4 Å². The first-order valence-corrected chi connectivity index (χ1v) is 9.62. The molecule has 142 valence electrons. The number of nitrogens with one attached hydrogen (secondary N) is 1. The van der Waals surface area contributed by atoms with Gasteiger partial charge in [-0.3, -0.25) is 10.1 Å². The molecule has 0 fully saturated rings. The Kier molecular flexibility index (Phi) is 4.82. The highest BCUT2D eigenvalue weighted by molar-refractivity contribution is 7.15. The number of halogens is 3. The van der Waals surface area contributed by atoms with Crippen molar-refractivity contribution in [2.24, 2.45) is 0 Å². The van der Waals surface area contributed by atoms with Gasteiger partial charge in [0.25, 0.3) is 5.91 Å². The molecule has 4 aromatic rings. The normalized spacial score (nSPS) is 11.7. The number of hydrogen-bond acceptors (Lipinski definition) is 6. The van der Waals surface area contributed by atoms with E-state index in [9.17, 15) is 18.0 Å². The van der Waals surface area contributed by atoms with Crippen LogP contribution in [-0.4, -0.2) is 20.5 Å². The minimum Gasteiger partial charge on any atom is -0.298 e. The average Bonchev–Trinajstić information content (AvgIpc) is 3.29. The van der Waals surface area contributed by atoms with Gasteiger partial charge in [-0.1, -0.05) is 22.7 Å². The van der Waals surface area contributed by atoms with Crippen LogP contribution in [0.4, 0.5) is 18.3 Å². The van der Waals surface area contributed by atoms with E-state index in [2.05, 4.69) is 19.9 Å². The number of carbonyl (C=O) groups excluding carboxylic acids is 1. The summed E-state index contributed by atoms with van der Waals surface area (Å²) in [6.07, 6.45) is -2.53. The van der Waals surface area contributed by atoms with Crippen LogP contribution in [-0.2, 0) is 12.6 Å². The van der Waals surface area contributed by atoms with E-state index in [1.54, 1.807) is 30.5 Å². The minimum absolute atomic E-state index is 0.300. The second kappa shape index (κ2) is 7.28. The van der Waals surface area contributed by atoms with E-state index in [-0.39, 0.29) is 5.91 Å². The number of aromatic nitrogens is 3. The molecule has 0 spiro atoms. The van der Waals surface area contributed by atoms with E-state index in [1.165, 1.54) is 28.9 Å². The third kappa shape index (κ3) is 4.02. The molecule has 2 aromatic heterocycles. The van der Waals surface area contributed by atoms with Crippen LogP contribution >= 0.6 is 22.9 Å². The highest BCUT2D eigenvalue weighted by Gasteiger charge is 2.30. The maximum Gasteiger partial charge on any atom is 0.416 e. The molecular weight excluding hydrogens is 409 g/mol. The lowest BCUT2D eigenvalue weighted by Gasteiger charge is -2.07. The SMILES string of the molecule is O=C(Nc1ncc(Cc2cccc(C(F)(F)F)c2)s1)c1ccc2snnc2c1. The van der Waals surface area contributed by atoms with E-state index in [4.69, 9.17) is 0 Å². The molecule has 0 saturated heterocycles. The smallest absolute Gasteiger partial charge is 0.298 e. The summed E-state index contributed by atoms with van der Waals surface area (Å²) in [6.45, 7) is 0. The highest BCUT2D eigenvalue weighted by Crippen LogP contribution is 2.30. The zero-order valence-corrected chi connectivity index (χ0v) is 15.7. The second-order valence-electron chi connectivity index (χ2n) is 5.92. The Hall–Kier alpha value is -2.85. The van der Waals surface area contributed by atoms with Gasteiger partial charge in [0.1, 0.15) is 5.52 Å². The van der Waals surface area contributed by atoms with Crippen molar-refractivity contribution < 1.29 is 18.0 Å². The molecule has 4 rings (SSSR count). The number of rotatable bonds is 4. The number of thiazole rings is 1. The summed E-state index contributed by atoms with van der Waals surface area (Å²) in [4.78, 5) is 17.3. The number of hydrogen-bond donors (Lipinski definition) is 1. The number of anilines is 1. The summed E-state index contributed by atoms with van der Waals surface area (Å²) >= 11 is 2.46. The van der Waals surface area contributed by atoms with E-state index < -0.39 is 11.7 Å². The number of fused-ring (bicyclic) bond motifs is 1. The maximum absolute atomic E-state index is 12.8. The van der Waals surface area contributed by atoms with Crippen molar-refractivity contribution in [3.8, 4) is 0 Å². The van der Waals surface area contributed by atoms with Crippen molar-refractivity contribution >= 4 is 44.1 Å². The highest BCUT2D eigenvalue weighted by atomic mass is 32.1. The molecule has 2 aromatic carbocycles. The molecule has 0 aliphatic carbocycles. The largest absolute Gasteiger partial charge is 0.416 e. The summed E-state index contributed by atoms with van der Waals surface area (Å²) in [7, 11) is 0. The van der Waals surface area contributed by atoms with Crippen molar-refractivity contribution in [2.75, 3.05) is 5.32 Å². The quantitative estimate of drug-likeness (QED) is 0.504. The molecule has 2 heterocycles. The van der Waals surface area contributed by atoms with Crippen LogP contribution in [0.2, 0.25) is 0 Å². The lowest BCUT2D eigenvalue weighted by atomic mass is 10.1. The second-order valence-corrected chi connectivity index (χ2v) is 7.82. The molecule has 0 saturated carbocycles. The Balaban J connectivity index is 1.46. The van der Waals surface area contributed by atoms with Crippen molar-refractivity contribution in [1.29, 1.82) is 0 Å². The van der Waals surface area contributed by atoms with Crippen LogP contribution in [0.3, 0.4) is 0 Å². The number of alkyl halides is 3. The zero-order valence-electron chi connectivity index (χ0n) is 14.0. The van der Waals surface area contributed by atoms with Gasteiger partial charge in [0.2, 0.25) is 0 Å². The summed E-state index contributed by atoms with van der Waals surface area (Å²) in [5.74, 6) is -0.338. The molecule has 0 aliphatic heterocycles. The summed E-state index contributed by atoms with van der Waals surface area (Å²) in [6, 6.07) is 10.3. The molecule has 5 nitrogen and oxygen atoms in total. The predicted octanol–water partition coefficient (Wildman–Crippen LogP) is 5.01. The van der Waals surface area contributed by atoms with Crippen LogP contribution in [0.5, 0.6) is 0 Å².